The highest BCUT2D eigenvalue weighted by Crippen LogP contribution is 2.38. The SMILES string of the molecule is CCC(Sc1ncnc2c1sc1ccccc12)C(=O)N(CC)CC. The number of carbonyl (C=O) groups is 1. The molecule has 0 aliphatic rings. The maximum atomic E-state index is 12.7. The molecule has 1 aromatic carbocycles. The van der Waals surface area contributed by atoms with Crippen molar-refractivity contribution in [2.75, 3.05) is 13.1 Å². The molecule has 0 aliphatic carbocycles. The van der Waals surface area contributed by atoms with Gasteiger partial charge in [-0.1, -0.05) is 36.9 Å². The van der Waals surface area contributed by atoms with Gasteiger partial charge in [-0.3, -0.25) is 4.79 Å². The number of thioether (sulfide) groups is 1. The minimum absolute atomic E-state index is 0.104. The Bertz CT molecular complexity index is 858. The summed E-state index contributed by atoms with van der Waals surface area (Å²) in [7, 11) is 0. The minimum Gasteiger partial charge on any atom is -0.342 e. The maximum Gasteiger partial charge on any atom is 0.236 e. The number of hydrogen-bond acceptors (Lipinski definition) is 5. The van der Waals surface area contributed by atoms with Crippen LogP contribution in [0.3, 0.4) is 0 Å². The van der Waals surface area contributed by atoms with Crippen molar-refractivity contribution in [1.82, 2.24) is 14.9 Å². The van der Waals surface area contributed by atoms with Gasteiger partial charge in [0.2, 0.25) is 5.91 Å². The van der Waals surface area contributed by atoms with E-state index in [1.807, 2.05) is 30.9 Å². The lowest BCUT2D eigenvalue weighted by Gasteiger charge is -2.23. The predicted octanol–water partition coefficient (Wildman–Crippen LogP) is 4.58. The monoisotopic (exact) mass is 359 g/mol. The van der Waals surface area contributed by atoms with Crippen molar-refractivity contribution in [2.24, 2.45) is 0 Å². The summed E-state index contributed by atoms with van der Waals surface area (Å²) in [5.41, 5.74) is 0.984. The van der Waals surface area contributed by atoms with Gasteiger partial charge >= 0.3 is 0 Å². The van der Waals surface area contributed by atoms with Crippen LogP contribution in [0.5, 0.6) is 0 Å². The molecule has 24 heavy (non-hydrogen) atoms. The van der Waals surface area contributed by atoms with Gasteiger partial charge in [-0.05, 0) is 26.3 Å². The lowest BCUT2D eigenvalue weighted by Crippen LogP contribution is -2.37. The predicted molar refractivity (Wildman–Crippen MR) is 103 cm³/mol. The summed E-state index contributed by atoms with van der Waals surface area (Å²) in [6, 6.07) is 8.27. The van der Waals surface area contributed by atoms with Crippen LogP contribution in [0.4, 0.5) is 0 Å². The molecule has 0 fully saturated rings. The molecule has 0 aliphatic heterocycles. The topological polar surface area (TPSA) is 46.1 Å². The van der Waals surface area contributed by atoms with Crippen molar-refractivity contribution < 1.29 is 4.79 Å². The fourth-order valence-corrected chi connectivity index (χ4v) is 5.08. The van der Waals surface area contributed by atoms with Crippen LogP contribution in [0, 0.1) is 0 Å². The van der Waals surface area contributed by atoms with Gasteiger partial charge in [0.05, 0.1) is 15.5 Å². The van der Waals surface area contributed by atoms with E-state index in [1.165, 1.54) is 4.70 Å². The Labute approximate surface area is 150 Å². The van der Waals surface area contributed by atoms with Crippen LogP contribution in [-0.4, -0.2) is 39.1 Å². The van der Waals surface area contributed by atoms with Crippen LogP contribution in [0.15, 0.2) is 35.6 Å². The summed E-state index contributed by atoms with van der Waals surface area (Å²) in [5.74, 6) is 0.195. The van der Waals surface area contributed by atoms with Crippen LogP contribution in [0.2, 0.25) is 0 Å². The fourth-order valence-electron chi connectivity index (χ4n) is 2.77. The second kappa shape index (κ2) is 7.49. The van der Waals surface area contributed by atoms with Crippen LogP contribution >= 0.6 is 23.1 Å². The molecule has 2 heterocycles. The number of fused-ring (bicyclic) bond motifs is 3. The van der Waals surface area contributed by atoms with Gasteiger partial charge in [-0.2, -0.15) is 0 Å². The Balaban J connectivity index is 1.98. The van der Waals surface area contributed by atoms with Gasteiger partial charge < -0.3 is 4.90 Å². The van der Waals surface area contributed by atoms with E-state index in [1.54, 1.807) is 29.4 Å². The third-order valence-electron chi connectivity index (χ3n) is 4.10. The molecule has 0 saturated carbocycles. The first-order valence-corrected chi connectivity index (χ1v) is 9.96. The Hall–Kier alpha value is -1.66. The molecule has 4 nitrogen and oxygen atoms in total. The molecule has 3 rings (SSSR count). The van der Waals surface area contributed by atoms with E-state index < -0.39 is 0 Å². The molecule has 1 amide bonds. The molecule has 0 N–H and O–H groups in total. The smallest absolute Gasteiger partial charge is 0.236 e. The second-order valence-corrected chi connectivity index (χ2v) is 7.72. The number of hydrogen-bond donors (Lipinski definition) is 0. The Morgan fingerprint density at radius 3 is 2.67 bits per heavy atom. The van der Waals surface area contributed by atoms with Gasteiger partial charge in [-0.25, -0.2) is 9.97 Å². The molecule has 3 aromatic rings. The number of thiophene rings is 1. The van der Waals surface area contributed by atoms with Crippen LogP contribution in [0.1, 0.15) is 27.2 Å². The van der Waals surface area contributed by atoms with Crippen LogP contribution in [-0.2, 0) is 4.79 Å². The van der Waals surface area contributed by atoms with E-state index in [9.17, 15) is 4.79 Å². The summed E-state index contributed by atoms with van der Waals surface area (Å²) >= 11 is 3.27. The Morgan fingerprint density at radius 1 is 1.21 bits per heavy atom. The lowest BCUT2D eigenvalue weighted by atomic mass is 10.2. The molecule has 126 valence electrons. The highest BCUT2D eigenvalue weighted by atomic mass is 32.2. The van der Waals surface area contributed by atoms with Crippen molar-refractivity contribution in [3.05, 3.63) is 30.6 Å². The summed E-state index contributed by atoms with van der Waals surface area (Å²) in [5, 5.41) is 1.96. The molecular weight excluding hydrogens is 338 g/mol. The standard InChI is InChI=1S/C18H21N3OS2/c1-4-13(18(22)21(5-2)6-3)24-17-16-15(19-11-20-17)12-9-7-8-10-14(12)23-16/h7-11,13H,4-6H2,1-3H3. The normalized spacial score (nSPS) is 12.6. The first-order chi connectivity index (χ1) is 11.7. The number of carbonyl (C=O) groups excluding carboxylic acids is 1. The average molecular weight is 360 g/mol. The van der Waals surface area contributed by atoms with E-state index in [0.29, 0.717) is 0 Å². The highest BCUT2D eigenvalue weighted by Gasteiger charge is 2.24. The van der Waals surface area contributed by atoms with E-state index >= 15 is 0 Å². The van der Waals surface area contributed by atoms with Crippen molar-refractivity contribution in [1.29, 1.82) is 0 Å². The zero-order valence-electron chi connectivity index (χ0n) is 14.2. The summed E-state index contributed by atoms with van der Waals surface area (Å²) in [6.07, 6.45) is 2.40. The van der Waals surface area contributed by atoms with Crippen molar-refractivity contribution >= 4 is 49.3 Å². The number of amides is 1. The quantitative estimate of drug-likeness (QED) is 0.477. The Morgan fingerprint density at radius 2 is 1.96 bits per heavy atom. The zero-order chi connectivity index (χ0) is 17.1. The van der Waals surface area contributed by atoms with Crippen molar-refractivity contribution in [2.45, 2.75) is 37.5 Å². The van der Waals surface area contributed by atoms with Crippen LogP contribution < -0.4 is 0 Å². The van der Waals surface area contributed by atoms with Gasteiger partial charge in [0.25, 0.3) is 0 Å². The average Bonchev–Trinajstić information content (AvgIpc) is 3.00. The lowest BCUT2D eigenvalue weighted by molar-refractivity contribution is -0.130. The van der Waals surface area contributed by atoms with Gasteiger partial charge in [0.1, 0.15) is 11.4 Å². The first-order valence-electron chi connectivity index (χ1n) is 8.27. The molecule has 0 radical (unpaired) electrons. The highest BCUT2D eigenvalue weighted by molar-refractivity contribution is 8.00. The number of aromatic nitrogens is 2. The Kier molecular flexibility index (Phi) is 5.36. The van der Waals surface area contributed by atoms with Gasteiger partial charge in [0.15, 0.2) is 0 Å². The molecular formula is C18H21N3OS2. The molecule has 1 atom stereocenters. The fraction of sp³-hybridized carbons (Fsp3) is 0.389. The molecule has 0 saturated heterocycles. The van der Waals surface area contributed by atoms with E-state index in [4.69, 9.17) is 0 Å². The minimum atomic E-state index is -0.104. The molecule has 0 bridgehead atoms. The second-order valence-electron chi connectivity index (χ2n) is 5.48. The summed E-state index contributed by atoms with van der Waals surface area (Å²) < 4.78 is 2.28. The number of nitrogens with zero attached hydrogens (tertiary/aromatic N) is 3. The van der Waals surface area contributed by atoms with Gasteiger partial charge in [-0.15, -0.1) is 11.3 Å². The van der Waals surface area contributed by atoms with E-state index in [0.717, 1.165) is 40.1 Å². The molecule has 0 spiro atoms. The summed E-state index contributed by atoms with van der Waals surface area (Å²) in [4.78, 5) is 23.5. The van der Waals surface area contributed by atoms with Gasteiger partial charge in [0, 0.05) is 23.2 Å². The zero-order valence-corrected chi connectivity index (χ0v) is 15.8. The number of rotatable bonds is 6. The first kappa shape index (κ1) is 17.2. The third kappa shape index (κ3) is 3.13. The maximum absolute atomic E-state index is 12.7. The third-order valence-corrected chi connectivity index (χ3v) is 6.75. The van der Waals surface area contributed by atoms with Crippen LogP contribution in [0.25, 0.3) is 20.3 Å². The molecule has 2 aromatic heterocycles. The molecule has 1 unspecified atom stereocenters. The largest absolute Gasteiger partial charge is 0.342 e. The van der Waals surface area contributed by atoms with E-state index in [2.05, 4.69) is 29.0 Å². The van der Waals surface area contributed by atoms with E-state index in [-0.39, 0.29) is 11.2 Å². The number of benzene rings is 1. The summed E-state index contributed by atoms with van der Waals surface area (Å²) in [6.45, 7) is 7.59. The molecule has 6 heteroatoms. The van der Waals surface area contributed by atoms with Crippen molar-refractivity contribution in [3.8, 4) is 0 Å². The van der Waals surface area contributed by atoms with Crippen molar-refractivity contribution in [3.63, 3.8) is 0 Å².